The molecule has 1 fully saturated rings. The van der Waals surface area contributed by atoms with Crippen molar-refractivity contribution < 1.29 is 14.3 Å². The summed E-state index contributed by atoms with van der Waals surface area (Å²) in [5, 5.41) is 7.08. The van der Waals surface area contributed by atoms with Crippen molar-refractivity contribution in [2.45, 2.75) is 45.6 Å². The van der Waals surface area contributed by atoms with E-state index < -0.39 is 0 Å². The molecule has 1 unspecified atom stereocenters. The van der Waals surface area contributed by atoms with Gasteiger partial charge < -0.3 is 14.4 Å². The van der Waals surface area contributed by atoms with Gasteiger partial charge in [0, 0.05) is 33.3 Å². The van der Waals surface area contributed by atoms with Crippen molar-refractivity contribution in [3.63, 3.8) is 0 Å². The second-order valence-electron chi connectivity index (χ2n) is 6.35. The average Bonchev–Trinajstić information content (AvgIpc) is 2.95. The third-order valence-corrected chi connectivity index (χ3v) is 4.11. The summed E-state index contributed by atoms with van der Waals surface area (Å²) in [7, 11) is 3.44. The minimum Gasteiger partial charge on any atom is -0.378 e. The molecule has 1 aromatic heterocycles. The number of methoxy groups -OCH3 is 1. The van der Waals surface area contributed by atoms with Crippen molar-refractivity contribution in [1.82, 2.24) is 20.0 Å². The van der Waals surface area contributed by atoms with Gasteiger partial charge in [-0.1, -0.05) is 0 Å². The van der Waals surface area contributed by atoms with Crippen molar-refractivity contribution in [3.8, 4) is 0 Å². The smallest absolute Gasteiger partial charge is 0.225 e. The molecule has 0 saturated carbocycles. The summed E-state index contributed by atoms with van der Waals surface area (Å²) in [5.74, 6) is 0.0866. The average molecular weight is 324 g/mol. The fourth-order valence-corrected chi connectivity index (χ4v) is 2.74. The topological polar surface area (TPSA) is 70.7 Å². The maximum atomic E-state index is 12.4. The van der Waals surface area contributed by atoms with Gasteiger partial charge >= 0.3 is 0 Å². The van der Waals surface area contributed by atoms with Crippen LogP contribution in [0.25, 0.3) is 0 Å². The summed E-state index contributed by atoms with van der Waals surface area (Å²) in [6, 6.07) is 2.41. The molecule has 0 radical (unpaired) electrons. The van der Waals surface area contributed by atoms with Crippen LogP contribution in [-0.2, 0) is 27.4 Å². The molecule has 23 heavy (non-hydrogen) atoms. The van der Waals surface area contributed by atoms with E-state index in [2.05, 4.69) is 28.9 Å². The van der Waals surface area contributed by atoms with Crippen LogP contribution in [0.1, 0.15) is 31.7 Å². The number of amides is 1. The van der Waals surface area contributed by atoms with Gasteiger partial charge in [-0.25, -0.2) is 0 Å². The number of hydrogen-bond donors (Lipinski definition) is 1. The number of carbonyl (C=O) groups is 1. The molecule has 1 N–H and O–H groups in total. The molecule has 0 aliphatic carbocycles. The Hall–Kier alpha value is -1.44. The molecular formula is C16H28N4O3. The van der Waals surface area contributed by atoms with Crippen molar-refractivity contribution >= 4 is 5.91 Å². The highest BCUT2D eigenvalue weighted by Gasteiger charge is 2.25. The van der Waals surface area contributed by atoms with Crippen LogP contribution in [-0.4, -0.2) is 71.9 Å². The van der Waals surface area contributed by atoms with E-state index in [-0.39, 0.29) is 12.0 Å². The molecule has 1 aliphatic rings. The maximum Gasteiger partial charge on any atom is 0.225 e. The molecule has 0 bridgehead atoms. The number of morpholine rings is 1. The number of nitrogens with one attached hydrogen (secondary N) is 1. The minimum absolute atomic E-state index is 0.0214. The van der Waals surface area contributed by atoms with Crippen molar-refractivity contribution in [1.29, 1.82) is 0 Å². The van der Waals surface area contributed by atoms with Crippen LogP contribution >= 0.6 is 0 Å². The first-order chi connectivity index (χ1) is 11.0. The van der Waals surface area contributed by atoms with Crippen LogP contribution in [0.3, 0.4) is 0 Å². The first-order valence-corrected chi connectivity index (χ1v) is 8.11. The van der Waals surface area contributed by atoms with Crippen LogP contribution in [0.15, 0.2) is 6.07 Å². The number of rotatable bonds is 7. The van der Waals surface area contributed by atoms with Gasteiger partial charge in [0.15, 0.2) is 0 Å². The molecule has 0 spiro atoms. The van der Waals surface area contributed by atoms with E-state index in [0.29, 0.717) is 32.2 Å². The fraction of sp³-hybridized carbons (Fsp3) is 0.750. The van der Waals surface area contributed by atoms with E-state index in [1.165, 1.54) is 0 Å². The molecule has 1 atom stereocenters. The highest BCUT2D eigenvalue weighted by molar-refractivity contribution is 5.76. The van der Waals surface area contributed by atoms with Crippen LogP contribution in [0.4, 0.5) is 0 Å². The quantitative estimate of drug-likeness (QED) is 0.811. The zero-order chi connectivity index (χ0) is 16.8. The number of aromatic nitrogens is 2. The number of aromatic amines is 1. The van der Waals surface area contributed by atoms with Gasteiger partial charge in [0.25, 0.3) is 0 Å². The van der Waals surface area contributed by atoms with E-state index in [1.54, 1.807) is 12.0 Å². The summed E-state index contributed by atoms with van der Waals surface area (Å²) in [6.45, 7) is 7.78. The Labute approximate surface area is 137 Å². The van der Waals surface area contributed by atoms with E-state index in [9.17, 15) is 4.79 Å². The lowest BCUT2D eigenvalue weighted by Crippen LogP contribution is -2.47. The normalized spacial score (nSPS) is 19.3. The highest BCUT2D eigenvalue weighted by atomic mass is 16.5. The first-order valence-electron chi connectivity index (χ1n) is 8.11. The zero-order valence-corrected chi connectivity index (χ0v) is 14.5. The van der Waals surface area contributed by atoms with Crippen LogP contribution in [0, 0.1) is 0 Å². The molecule has 1 amide bonds. The minimum atomic E-state index is -0.0214. The zero-order valence-electron chi connectivity index (χ0n) is 14.5. The third kappa shape index (κ3) is 5.30. The summed E-state index contributed by atoms with van der Waals surface area (Å²) < 4.78 is 10.8. The standard InChI is InChI=1S/C16H28N4O3/c1-12(2)20-5-6-23-15(10-20)8-16(21)19(3)9-13-7-14(11-22-4)18-17-13/h7,12,15H,5-6,8-11H2,1-4H3,(H,17,18). The van der Waals surface area contributed by atoms with E-state index in [4.69, 9.17) is 9.47 Å². The predicted octanol–water partition coefficient (Wildman–Crippen LogP) is 1.01. The molecule has 130 valence electrons. The number of nitrogens with zero attached hydrogens (tertiary/aromatic N) is 3. The van der Waals surface area contributed by atoms with E-state index in [0.717, 1.165) is 24.5 Å². The Balaban J connectivity index is 1.82. The van der Waals surface area contributed by atoms with Crippen molar-refractivity contribution in [2.24, 2.45) is 0 Å². The van der Waals surface area contributed by atoms with E-state index in [1.807, 2.05) is 13.1 Å². The second-order valence-corrected chi connectivity index (χ2v) is 6.35. The van der Waals surface area contributed by atoms with Gasteiger partial charge in [0.05, 0.1) is 43.7 Å². The Bertz CT molecular complexity index is 503. The van der Waals surface area contributed by atoms with Gasteiger partial charge in [-0.15, -0.1) is 0 Å². The first kappa shape index (κ1) is 17.9. The van der Waals surface area contributed by atoms with Crippen LogP contribution in [0.5, 0.6) is 0 Å². The lowest BCUT2D eigenvalue weighted by atomic mass is 10.1. The van der Waals surface area contributed by atoms with Gasteiger partial charge in [-0.3, -0.25) is 14.8 Å². The Kier molecular flexibility index (Phi) is 6.56. The summed E-state index contributed by atoms with van der Waals surface area (Å²) in [4.78, 5) is 16.5. The molecule has 1 aliphatic heterocycles. The van der Waals surface area contributed by atoms with E-state index >= 15 is 0 Å². The Morgan fingerprint density at radius 2 is 2.39 bits per heavy atom. The molecule has 7 heteroatoms. The third-order valence-electron chi connectivity index (χ3n) is 4.11. The summed E-state index contributed by atoms with van der Waals surface area (Å²) in [6.07, 6.45) is 0.394. The lowest BCUT2D eigenvalue weighted by Gasteiger charge is -2.35. The Morgan fingerprint density at radius 1 is 1.61 bits per heavy atom. The molecule has 0 aromatic carbocycles. The fourth-order valence-electron chi connectivity index (χ4n) is 2.74. The van der Waals surface area contributed by atoms with Gasteiger partial charge in [-0.2, -0.15) is 5.10 Å². The predicted molar refractivity (Wildman–Crippen MR) is 86.8 cm³/mol. The summed E-state index contributed by atoms with van der Waals surface area (Å²) in [5.41, 5.74) is 1.74. The SMILES string of the molecule is COCc1cc(CN(C)C(=O)CC2CN(C(C)C)CCO2)[nH]n1. The van der Waals surface area contributed by atoms with Crippen LogP contribution < -0.4 is 0 Å². The molecular weight excluding hydrogens is 296 g/mol. The maximum absolute atomic E-state index is 12.4. The molecule has 7 nitrogen and oxygen atoms in total. The number of H-pyrrole nitrogens is 1. The lowest BCUT2D eigenvalue weighted by molar-refractivity contribution is -0.135. The van der Waals surface area contributed by atoms with Gasteiger partial charge in [-0.05, 0) is 19.9 Å². The van der Waals surface area contributed by atoms with Crippen LogP contribution in [0.2, 0.25) is 0 Å². The molecule has 2 rings (SSSR count). The number of carbonyl (C=O) groups excluding carboxylic acids is 1. The van der Waals surface area contributed by atoms with Crippen molar-refractivity contribution in [3.05, 3.63) is 17.5 Å². The van der Waals surface area contributed by atoms with Crippen molar-refractivity contribution in [2.75, 3.05) is 33.9 Å². The van der Waals surface area contributed by atoms with Gasteiger partial charge in [0.2, 0.25) is 5.91 Å². The highest BCUT2D eigenvalue weighted by Crippen LogP contribution is 2.13. The monoisotopic (exact) mass is 324 g/mol. The van der Waals surface area contributed by atoms with Gasteiger partial charge in [0.1, 0.15) is 0 Å². The molecule has 1 aromatic rings. The number of ether oxygens (including phenoxy) is 2. The number of hydrogen-bond acceptors (Lipinski definition) is 5. The summed E-state index contributed by atoms with van der Waals surface area (Å²) >= 11 is 0. The molecule has 1 saturated heterocycles. The second kappa shape index (κ2) is 8.42. The largest absolute Gasteiger partial charge is 0.378 e. The Morgan fingerprint density at radius 3 is 3.09 bits per heavy atom. The molecule has 2 heterocycles.